The van der Waals surface area contributed by atoms with Crippen molar-refractivity contribution in [3.63, 3.8) is 0 Å². The van der Waals surface area contributed by atoms with Crippen molar-refractivity contribution >= 4 is 29.6 Å². The highest BCUT2D eigenvalue weighted by Gasteiger charge is 2.44. The van der Waals surface area contributed by atoms with Gasteiger partial charge in [0.05, 0.1) is 24.7 Å². The predicted octanol–water partition coefficient (Wildman–Crippen LogP) is 3.55. The summed E-state index contributed by atoms with van der Waals surface area (Å²) >= 11 is 5.89. The topological polar surface area (TPSA) is 105 Å². The predicted molar refractivity (Wildman–Crippen MR) is 122 cm³/mol. The summed E-state index contributed by atoms with van der Waals surface area (Å²) in [4.78, 5) is 41.0. The Labute approximate surface area is 202 Å². The Balaban J connectivity index is 1.23. The number of benzene rings is 1. The Morgan fingerprint density at radius 2 is 1.79 bits per heavy atom. The van der Waals surface area contributed by atoms with E-state index in [0.29, 0.717) is 43.2 Å². The van der Waals surface area contributed by atoms with E-state index in [0.717, 1.165) is 30.5 Å². The average molecular weight is 487 g/mol. The first-order valence-corrected chi connectivity index (χ1v) is 12.0. The molecular formula is C24H27ClN4O5. The molecule has 180 valence electrons. The van der Waals surface area contributed by atoms with E-state index in [4.69, 9.17) is 16.3 Å². The first-order chi connectivity index (χ1) is 16.4. The van der Waals surface area contributed by atoms with Crippen molar-refractivity contribution in [2.24, 2.45) is 5.92 Å². The van der Waals surface area contributed by atoms with Gasteiger partial charge in [-0.15, -0.1) is 0 Å². The third-order valence-electron chi connectivity index (χ3n) is 7.11. The lowest BCUT2D eigenvalue weighted by Crippen LogP contribution is -2.55. The fourth-order valence-corrected chi connectivity index (χ4v) is 5.52. The van der Waals surface area contributed by atoms with Crippen LogP contribution in [0.2, 0.25) is 5.02 Å². The van der Waals surface area contributed by atoms with Gasteiger partial charge in [-0.3, -0.25) is 14.3 Å². The van der Waals surface area contributed by atoms with Gasteiger partial charge in [0.15, 0.2) is 5.69 Å². The van der Waals surface area contributed by atoms with Gasteiger partial charge in [0.2, 0.25) is 0 Å². The molecule has 2 fully saturated rings. The van der Waals surface area contributed by atoms with E-state index in [1.807, 2.05) is 17.0 Å². The molecule has 2 unspecified atom stereocenters. The number of aliphatic carboxylic acids is 1. The molecule has 2 atom stereocenters. The van der Waals surface area contributed by atoms with E-state index in [-0.39, 0.29) is 30.5 Å². The molecule has 4 heterocycles. The van der Waals surface area contributed by atoms with Crippen molar-refractivity contribution in [2.75, 3.05) is 6.54 Å². The number of carbonyl (C=O) groups excluding carboxylic acids is 2. The molecule has 0 aliphatic carbocycles. The third-order valence-corrected chi connectivity index (χ3v) is 7.36. The molecule has 0 radical (unpaired) electrons. The summed E-state index contributed by atoms with van der Waals surface area (Å²) in [6, 6.07) is 8.77. The highest BCUT2D eigenvalue weighted by molar-refractivity contribution is 6.30. The zero-order valence-corrected chi connectivity index (χ0v) is 19.5. The standard InChI is InChI=1S/C24H27ClN4O5/c25-17-6-4-15(5-7-17)14-34-24(33)27-8-9-28-20(13-27)12-21(26-28)22(30)29-18-2-1-3-19(29)11-16(10-18)23(31)32/h4-7,12,16,18-19H,1-3,8-11,13-14H2,(H,31,32). The first-order valence-electron chi connectivity index (χ1n) is 11.7. The first kappa shape index (κ1) is 22.7. The van der Waals surface area contributed by atoms with Crippen LogP contribution in [0.1, 0.15) is 53.8 Å². The number of halogens is 1. The Morgan fingerprint density at radius 3 is 2.47 bits per heavy atom. The van der Waals surface area contributed by atoms with E-state index in [9.17, 15) is 19.5 Å². The molecule has 0 saturated carbocycles. The molecule has 2 saturated heterocycles. The number of piperidine rings is 2. The average Bonchev–Trinajstić information content (AvgIpc) is 3.25. The lowest BCUT2D eigenvalue weighted by atomic mass is 9.78. The lowest BCUT2D eigenvalue weighted by Gasteiger charge is -2.47. The van der Waals surface area contributed by atoms with Crippen molar-refractivity contribution in [3.8, 4) is 0 Å². The number of amides is 2. The number of carbonyl (C=O) groups is 3. The second kappa shape index (κ2) is 9.29. The van der Waals surface area contributed by atoms with Crippen LogP contribution in [0, 0.1) is 5.92 Å². The smallest absolute Gasteiger partial charge is 0.410 e. The Bertz CT molecular complexity index is 1090. The van der Waals surface area contributed by atoms with Crippen LogP contribution in [0.5, 0.6) is 0 Å². The number of carboxylic acids is 1. The van der Waals surface area contributed by atoms with Gasteiger partial charge >= 0.3 is 12.1 Å². The molecule has 1 aromatic carbocycles. The van der Waals surface area contributed by atoms with E-state index in [1.165, 1.54) is 0 Å². The molecule has 3 aliphatic heterocycles. The summed E-state index contributed by atoms with van der Waals surface area (Å²) in [6.07, 6.45) is 3.25. The quantitative estimate of drug-likeness (QED) is 0.708. The largest absolute Gasteiger partial charge is 0.481 e. The zero-order chi connectivity index (χ0) is 23.8. The molecule has 1 aromatic heterocycles. The molecule has 2 bridgehead atoms. The Morgan fingerprint density at radius 1 is 1.09 bits per heavy atom. The van der Waals surface area contributed by atoms with Gasteiger partial charge in [0.1, 0.15) is 6.61 Å². The summed E-state index contributed by atoms with van der Waals surface area (Å²) in [5, 5.41) is 14.6. The second-order valence-corrected chi connectivity index (χ2v) is 9.74. The third kappa shape index (κ3) is 4.49. The monoisotopic (exact) mass is 486 g/mol. The zero-order valence-electron chi connectivity index (χ0n) is 18.7. The highest BCUT2D eigenvalue weighted by Crippen LogP contribution is 2.38. The molecule has 5 rings (SSSR count). The van der Waals surface area contributed by atoms with Crippen molar-refractivity contribution in [3.05, 3.63) is 52.3 Å². The van der Waals surface area contributed by atoms with Gasteiger partial charge in [0.25, 0.3) is 5.91 Å². The van der Waals surface area contributed by atoms with Gasteiger partial charge in [-0.25, -0.2) is 4.79 Å². The summed E-state index contributed by atoms with van der Waals surface area (Å²) in [5.74, 6) is -1.30. The number of nitrogens with zero attached hydrogens (tertiary/aromatic N) is 4. The Kier molecular flexibility index (Phi) is 6.20. The fourth-order valence-electron chi connectivity index (χ4n) is 5.39. The van der Waals surface area contributed by atoms with Crippen LogP contribution >= 0.6 is 11.6 Å². The van der Waals surface area contributed by atoms with E-state index in [2.05, 4.69) is 5.10 Å². The summed E-state index contributed by atoms with van der Waals surface area (Å²) in [5.41, 5.74) is 1.99. The fraction of sp³-hybridized carbons (Fsp3) is 0.500. The van der Waals surface area contributed by atoms with E-state index < -0.39 is 12.1 Å². The molecule has 2 amide bonds. The SMILES string of the molecule is O=C(O)C1CC2CCCC(C1)N2C(=O)c1cc2n(n1)CCN(C(=O)OCc1ccc(Cl)cc1)C2. The van der Waals surface area contributed by atoms with Gasteiger partial charge in [-0.2, -0.15) is 5.10 Å². The van der Waals surface area contributed by atoms with Gasteiger partial charge in [0, 0.05) is 23.7 Å². The van der Waals surface area contributed by atoms with Crippen LogP contribution < -0.4 is 0 Å². The minimum absolute atomic E-state index is 0.0563. The van der Waals surface area contributed by atoms with Crippen LogP contribution in [-0.4, -0.2) is 61.3 Å². The molecule has 10 heteroatoms. The number of ether oxygens (including phenoxy) is 1. The van der Waals surface area contributed by atoms with Crippen molar-refractivity contribution in [1.29, 1.82) is 0 Å². The summed E-state index contributed by atoms with van der Waals surface area (Å²) in [7, 11) is 0. The second-order valence-electron chi connectivity index (χ2n) is 9.30. The van der Waals surface area contributed by atoms with E-state index >= 15 is 0 Å². The number of hydrogen-bond acceptors (Lipinski definition) is 5. The molecule has 9 nitrogen and oxygen atoms in total. The summed E-state index contributed by atoms with van der Waals surface area (Å²) < 4.78 is 7.22. The van der Waals surface area contributed by atoms with Crippen molar-refractivity contribution in [1.82, 2.24) is 19.6 Å². The maximum Gasteiger partial charge on any atom is 0.410 e. The highest BCUT2D eigenvalue weighted by atomic mass is 35.5. The van der Waals surface area contributed by atoms with Crippen LogP contribution in [0.4, 0.5) is 4.79 Å². The summed E-state index contributed by atoms with van der Waals surface area (Å²) in [6.45, 7) is 1.39. The molecule has 34 heavy (non-hydrogen) atoms. The molecular weight excluding hydrogens is 460 g/mol. The molecule has 0 spiro atoms. The number of hydrogen-bond donors (Lipinski definition) is 1. The normalized spacial score (nSPS) is 23.9. The minimum atomic E-state index is -0.774. The van der Waals surface area contributed by atoms with Crippen LogP contribution in [-0.2, 0) is 29.2 Å². The lowest BCUT2D eigenvalue weighted by molar-refractivity contribution is -0.145. The maximum atomic E-state index is 13.4. The van der Waals surface area contributed by atoms with Gasteiger partial charge in [-0.1, -0.05) is 23.7 Å². The number of aromatic nitrogens is 2. The van der Waals surface area contributed by atoms with Crippen LogP contribution in [0.15, 0.2) is 30.3 Å². The number of fused-ring (bicyclic) bond motifs is 3. The van der Waals surface area contributed by atoms with E-state index in [1.54, 1.807) is 27.8 Å². The van der Waals surface area contributed by atoms with Crippen molar-refractivity contribution in [2.45, 2.75) is 63.9 Å². The molecule has 3 aliphatic rings. The minimum Gasteiger partial charge on any atom is -0.481 e. The van der Waals surface area contributed by atoms with Gasteiger partial charge in [-0.05, 0) is 55.9 Å². The number of rotatable bonds is 4. The Hall–Kier alpha value is -3.07. The van der Waals surface area contributed by atoms with Crippen LogP contribution in [0.3, 0.4) is 0 Å². The van der Waals surface area contributed by atoms with Crippen LogP contribution in [0.25, 0.3) is 0 Å². The molecule has 1 N–H and O–H groups in total. The van der Waals surface area contributed by atoms with Gasteiger partial charge < -0.3 is 19.6 Å². The van der Waals surface area contributed by atoms with Crippen molar-refractivity contribution < 1.29 is 24.2 Å². The number of carboxylic acid groups (broad SMARTS) is 1. The molecule has 2 aromatic rings. The maximum absolute atomic E-state index is 13.4.